The van der Waals surface area contributed by atoms with Crippen LogP contribution < -0.4 is 4.74 Å². The Morgan fingerprint density at radius 1 is 1.12 bits per heavy atom. The smallest absolute Gasteiger partial charge is 0.141 e. The zero-order valence-electron chi connectivity index (χ0n) is 8.71. The number of aryl methyl sites for hydroxylation is 1. The van der Waals surface area contributed by atoms with Crippen molar-refractivity contribution in [3.8, 4) is 11.5 Å². The molecule has 1 nitrogen and oxygen atoms in total. The van der Waals surface area contributed by atoms with Crippen LogP contribution in [0.2, 0.25) is 0 Å². The SMILES string of the molecule is Cc1ccc(Oc2cccc(F)c2)c(Br)c1. The third-order valence-electron chi connectivity index (χ3n) is 2.11. The van der Waals surface area contributed by atoms with Crippen molar-refractivity contribution in [1.82, 2.24) is 0 Å². The summed E-state index contributed by atoms with van der Waals surface area (Å²) in [6, 6.07) is 11.8. The molecule has 0 amide bonds. The molecule has 0 aromatic heterocycles. The van der Waals surface area contributed by atoms with E-state index in [1.165, 1.54) is 12.1 Å². The summed E-state index contributed by atoms with van der Waals surface area (Å²) in [7, 11) is 0. The summed E-state index contributed by atoms with van der Waals surface area (Å²) >= 11 is 3.40. The minimum atomic E-state index is -0.305. The normalized spacial score (nSPS) is 10.2. The van der Waals surface area contributed by atoms with Gasteiger partial charge in [0, 0.05) is 6.07 Å². The number of hydrogen-bond acceptors (Lipinski definition) is 1. The Balaban J connectivity index is 2.27. The molecule has 16 heavy (non-hydrogen) atoms. The van der Waals surface area contributed by atoms with E-state index in [2.05, 4.69) is 15.9 Å². The van der Waals surface area contributed by atoms with Crippen molar-refractivity contribution in [1.29, 1.82) is 0 Å². The molecule has 0 heterocycles. The number of rotatable bonds is 2. The Morgan fingerprint density at radius 2 is 1.94 bits per heavy atom. The molecule has 0 radical (unpaired) electrons. The van der Waals surface area contributed by atoms with Gasteiger partial charge in [0.25, 0.3) is 0 Å². The van der Waals surface area contributed by atoms with Crippen LogP contribution in [-0.4, -0.2) is 0 Å². The zero-order chi connectivity index (χ0) is 11.5. The van der Waals surface area contributed by atoms with E-state index in [9.17, 15) is 4.39 Å². The van der Waals surface area contributed by atoms with Gasteiger partial charge >= 0.3 is 0 Å². The zero-order valence-corrected chi connectivity index (χ0v) is 10.3. The predicted octanol–water partition coefficient (Wildman–Crippen LogP) is 4.69. The molecular formula is C13H10BrFO. The molecular weight excluding hydrogens is 271 g/mol. The molecule has 2 aromatic rings. The first-order valence-corrected chi connectivity index (χ1v) is 5.64. The summed E-state index contributed by atoms with van der Waals surface area (Å²) in [6.45, 7) is 2.00. The van der Waals surface area contributed by atoms with Crippen LogP contribution in [0.3, 0.4) is 0 Å². The Kier molecular flexibility index (Phi) is 3.25. The van der Waals surface area contributed by atoms with E-state index in [1.807, 2.05) is 25.1 Å². The number of benzene rings is 2. The first-order valence-electron chi connectivity index (χ1n) is 4.85. The molecule has 0 saturated carbocycles. The average molecular weight is 281 g/mol. The van der Waals surface area contributed by atoms with E-state index in [0.717, 1.165) is 10.0 Å². The maximum Gasteiger partial charge on any atom is 0.141 e. The van der Waals surface area contributed by atoms with E-state index >= 15 is 0 Å². The fraction of sp³-hybridized carbons (Fsp3) is 0.0769. The Morgan fingerprint density at radius 3 is 2.62 bits per heavy atom. The fourth-order valence-corrected chi connectivity index (χ4v) is 1.92. The lowest BCUT2D eigenvalue weighted by Gasteiger charge is -2.08. The molecule has 0 N–H and O–H groups in total. The summed E-state index contributed by atoms with van der Waals surface area (Å²) in [6.07, 6.45) is 0. The van der Waals surface area contributed by atoms with Gasteiger partial charge in [-0.1, -0.05) is 12.1 Å². The molecule has 0 atom stereocenters. The van der Waals surface area contributed by atoms with E-state index < -0.39 is 0 Å². The number of halogens is 2. The summed E-state index contributed by atoms with van der Waals surface area (Å²) in [4.78, 5) is 0. The van der Waals surface area contributed by atoms with Gasteiger partial charge in [0.1, 0.15) is 17.3 Å². The lowest BCUT2D eigenvalue weighted by molar-refractivity contribution is 0.474. The van der Waals surface area contributed by atoms with Crippen molar-refractivity contribution in [2.24, 2.45) is 0 Å². The van der Waals surface area contributed by atoms with Gasteiger partial charge in [0.15, 0.2) is 0 Å². The molecule has 2 aromatic carbocycles. The van der Waals surface area contributed by atoms with Gasteiger partial charge < -0.3 is 4.74 Å². The Hall–Kier alpha value is -1.35. The standard InChI is InChI=1S/C13H10BrFO/c1-9-5-6-13(12(14)7-9)16-11-4-2-3-10(15)8-11/h2-8H,1H3. The van der Waals surface area contributed by atoms with Gasteiger partial charge in [-0.25, -0.2) is 4.39 Å². The maximum absolute atomic E-state index is 12.9. The minimum Gasteiger partial charge on any atom is -0.456 e. The molecule has 3 heteroatoms. The van der Waals surface area contributed by atoms with Gasteiger partial charge in [-0.3, -0.25) is 0 Å². The minimum absolute atomic E-state index is 0.305. The van der Waals surface area contributed by atoms with Crippen molar-refractivity contribution in [2.45, 2.75) is 6.92 Å². The molecule has 0 aliphatic rings. The van der Waals surface area contributed by atoms with Crippen LogP contribution in [0.25, 0.3) is 0 Å². The van der Waals surface area contributed by atoms with Gasteiger partial charge in [0.05, 0.1) is 4.47 Å². The highest BCUT2D eigenvalue weighted by atomic mass is 79.9. The molecule has 82 valence electrons. The second kappa shape index (κ2) is 4.66. The first kappa shape index (κ1) is 11.1. The topological polar surface area (TPSA) is 9.23 Å². The van der Waals surface area contributed by atoms with Crippen molar-refractivity contribution in [3.63, 3.8) is 0 Å². The van der Waals surface area contributed by atoms with Crippen molar-refractivity contribution < 1.29 is 9.13 Å². The second-order valence-corrected chi connectivity index (χ2v) is 4.35. The van der Waals surface area contributed by atoms with E-state index in [0.29, 0.717) is 11.5 Å². The highest BCUT2D eigenvalue weighted by molar-refractivity contribution is 9.10. The fourth-order valence-electron chi connectivity index (χ4n) is 1.35. The molecule has 0 aliphatic heterocycles. The monoisotopic (exact) mass is 280 g/mol. The highest BCUT2D eigenvalue weighted by Gasteiger charge is 2.03. The van der Waals surface area contributed by atoms with E-state index in [-0.39, 0.29) is 5.82 Å². The molecule has 0 saturated heterocycles. The van der Waals surface area contributed by atoms with Crippen molar-refractivity contribution in [2.75, 3.05) is 0 Å². The number of hydrogen-bond donors (Lipinski definition) is 0. The molecule has 0 bridgehead atoms. The van der Waals surface area contributed by atoms with Gasteiger partial charge in [-0.05, 0) is 52.7 Å². The summed E-state index contributed by atoms with van der Waals surface area (Å²) in [5.41, 5.74) is 1.14. The van der Waals surface area contributed by atoms with E-state index in [4.69, 9.17) is 4.74 Å². The Labute approximate surface area is 102 Å². The predicted molar refractivity (Wildman–Crippen MR) is 65.4 cm³/mol. The van der Waals surface area contributed by atoms with Crippen LogP contribution in [0.1, 0.15) is 5.56 Å². The van der Waals surface area contributed by atoms with Gasteiger partial charge in [-0.15, -0.1) is 0 Å². The first-order chi connectivity index (χ1) is 7.65. The summed E-state index contributed by atoms with van der Waals surface area (Å²) in [5.74, 6) is 0.862. The Bertz CT molecular complexity index is 511. The van der Waals surface area contributed by atoms with Crippen LogP contribution in [-0.2, 0) is 0 Å². The molecule has 0 fully saturated rings. The van der Waals surface area contributed by atoms with Gasteiger partial charge in [0.2, 0.25) is 0 Å². The van der Waals surface area contributed by atoms with Crippen molar-refractivity contribution >= 4 is 15.9 Å². The average Bonchev–Trinajstić information content (AvgIpc) is 2.22. The molecule has 0 unspecified atom stereocenters. The summed E-state index contributed by atoms with van der Waals surface area (Å²) in [5, 5.41) is 0. The van der Waals surface area contributed by atoms with Crippen LogP contribution in [0.15, 0.2) is 46.9 Å². The lowest BCUT2D eigenvalue weighted by Crippen LogP contribution is -1.86. The largest absolute Gasteiger partial charge is 0.456 e. The van der Waals surface area contributed by atoms with Crippen molar-refractivity contribution in [3.05, 3.63) is 58.3 Å². The molecule has 0 aliphatic carbocycles. The molecule has 0 spiro atoms. The molecule has 2 rings (SSSR count). The summed E-state index contributed by atoms with van der Waals surface area (Å²) < 4.78 is 19.4. The van der Waals surface area contributed by atoms with E-state index in [1.54, 1.807) is 12.1 Å². The van der Waals surface area contributed by atoms with Crippen LogP contribution in [0.5, 0.6) is 11.5 Å². The number of ether oxygens (including phenoxy) is 1. The maximum atomic E-state index is 12.9. The third kappa shape index (κ3) is 2.61. The van der Waals surface area contributed by atoms with Crippen LogP contribution in [0, 0.1) is 12.7 Å². The third-order valence-corrected chi connectivity index (χ3v) is 2.73. The quantitative estimate of drug-likeness (QED) is 0.776. The second-order valence-electron chi connectivity index (χ2n) is 3.49. The highest BCUT2D eigenvalue weighted by Crippen LogP contribution is 2.30. The van der Waals surface area contributed by atoms with Crippen LogP contribution >= 0.6 is 15.9 Å². The van der Waals surface area contributed by atoms with Crippen LogP contribution in [0.4, 0.5) is 4.39 Å². The lowest BCUT2D eigenvalue weighted by atomic mass is 10.2. The van der Waals surface area contributed by atoms with Gasteiger partial charge in [-0.2, -0.15) is 0 Å².